The van der Waals surface area contributed by atoms with E-state index in [0.717, 1.165) is 10.8 Å². The highest BCUT2D eigenvalue weighted by atomic mass is 127. The molecule has 3 N–H and O–H groups in total. The van der Waals surface area contributed by atoms with Crippen LogP contribution in [-0.4, -0.2) is 31.6 Å². The molecule has 0 aromatic rings. The van der Waals surface area contributed by atoms with Gasteiger partial charge in [-0.1, -0.05) is 22.6 Å². The summed E-state index contributed by atoms with van der Waals surface area (Å²) in [6.07, 6.45) is 1.45. The van der Waals surface area contributed by atoms with Crippen molar-refractivity contribution in [2.75, 3.05) is 16.9 Å². The number of hydrogen-bond acceptors (Lipinski definition) is 3. The van der Waals surface area contributed by atoms with Crippen molar-refractivity contribution < 1.29 is 28.3 Å². The standard InChI is InChI=1S/C5H13IO6P2/c6-3-1-2-4-12-14(10,11)5-13(7,8)9/h1-5H2,(H,10,11)(H2,7,8,9). The van der Waals surface area contributed by atoms with Gasteiger partial charge in [0.25, 0.3) is 0 Å². The van der Waals surface area contributed by atoms with Gasteiger partial charge in [0.2, 0.25) is 0 Å². The van der Waals surface area contributed by atoms with Crippen LogP contribution in [0.15, 0.2) is 0 Å². The summed E-state index contributed by atoms with van der Waals surface area (Å²) in [6, 6.07) is 0. The molecule has 0 aliphatic carbocycles. The molecule has 14 heavy (non-hydrogen) atoms. The number of alkyl halides is 1. The van der Waals surface area contributed by atoms with Gasteiger partial charge in [0, 0.05) is 0 Å². The van der Waals surface area contributed by atoms with Gasteiger partial charge in [-0.2, -0.15) is 0 Å². The summed E-state index contributed by atoms with van der Waals surface area (Å²) >= 11 is 2.16. The third-order valence-electron chi connectivity index (χ3n) is 1.18. The van der Waals surface area contributed by atoms with E-state index in [-0.39, 0.29) is 6.61 Å². The maximum Gasteiger partial charge on any atom is 0.340 e. The zero-order chi connectivity index (χ0) is 11.2. The van der Waals surface area contributed by atoms with Gasteiger partial charge in [0.05, 0.1) is 6.61 Å². The molecule has 0 spiro atoms. The van der Waals surface area contributed by atoms with Crippen molar-refractivity contribution in [2.45, 2.75) is 12.8 Å². The molecule has 0 rings (SSSR count). The van der Waals surface area contributed by atoms with Crippen molar-refractivity contribution in [2.24, 2.45) is 0 Å². The van der Waals surface area contributed by atoms with E-state index in [1.807, 2.05) is 0 Å². The predicted octanol–water partition coefficient (Wildman–Crippen LogP) is 1.54. The van der Waals surface area contributed by atoms with Crippen LogP contribution in [0, 0.1) is 0 Å². The Morgan fingerprint density at radius 1 is 1.14 bits per heavy atom. The zero-order valence-electron chi connectivity index (χ0n) is 7.37. The van der Waals surface area contributed by atoms with Gasteiger partial charge in [-0.05, 0) is 17.3 Å². The third kappa shape index (κ3) is 9.58. The molecule has 0 saturated heterocycles. The summed E-state index contributed by atoms with van der Waals surface area (Å²) in [5, 5.41) is 0. The van der Waals surface area contributed by atoms with Crippen LogP contribution < -0.4 is 0 Å². The Kier molecular flexibility index (Phi) is 7.06. The van der Waals surface area contributed by atoms with Gasteiger partial charge in [-0.25, -0.2) is 0 Å². The van der Waals surface area contributed by atoms with Gasteiger partial charge < -0.3 is 19.2 Å². The lowest BCUT2D eigenvalue weighted by atomic mass is 10.4. The van der Waals surface area contributed by atoms with E-state index >= 15 is 0 Å². The van der Waals surface area contributed by atoms with E-state index in [1.165, 1.54) is 0 Å². The Hall–Kier alpha value is 1.03. The summed E-state index contributed by atoms with van der Waals surface area (Å²) < 4.78 is 26.9. The second-order valence-corrected chi connectivity index (χ2v) is 7.75. The van der Waals surface area contributed by atoms with Crippen LogP contribution in [0.5, 0.6) is 0 Å². The lowest BCUT2D eigenvalue weighted by Gasteiger charge is -2.12. The molecule has 0 fully saturated rings. The Labute approximate surface area is 95.9 Å². The van der Waals surface area contributed by atoms with Crippen LogP contribution in [0.25, 0.3) is 0 Å². The van der Waals surface area contributed by atoms with Crippen molar-refractivity contribution >= 4 is 37.8 Å². The van der Waals surface area contributed by atoms with E-state index in [4.69, 9.17) is 14.7 Å². The molecule has 0 aliphatic heterocycles. The fraction of sp³-hybridized carbons (Fsp3) is 1.00. The quantitative estimate of drug-likeness (QED) is 0.276. The van der Waals surface area contributed by atoms with Crippen LogP contribution in [0.4, 0.5) is 0 Å². The molecule has 86 valence electrons. The van der Waals surface area contributed by atoms with Crippen LogP contribution in [0.3, 0.4) is 0 Å². The highest BCUT2D eigenvalue weighted by Gasteiger charge is 2.30. The summed E-state index contributed by atoms with van der Waals surface area (Å²) in [5.41, 5.74) is 0. The molecule has 1 unspecified atom stereocenters. The second kappa shape index (κ2) is 6.58. The van der Waals surface area contributed by atoms with Crippen molar-refractivity contribution in [3.8, 4) is 0 Å². The average Bonchev–Trinajstić information content (AvgIpc) is 1.93. The SMILES string of the molecule is O=P(O)(O)CP(=O)(O)OCCCCI. The van der Waals surface area contributed by atoms with E-state index in [0.29, 0.717) is 6.42 Å². The minimum Gasteiger partial charge on any atom is -0.324 e. The monoisotopic (exact) mass is 358 g/mol. The molecule has 0 bridgehead atoms. The first-order valence-electron chi connectivity index (χ1n) is 3.84. The Morgan fingerprint density at radius 3 is 2.14 bits per heavy atom. The van der Waals surface area contributed by atoms with Crippen LogP contribution >= 0.6 is 37.8 Å². The molecule has 0 aliphatic rings. The normalized spacial score (nSPS) is 16.6. The molecule has 0 radical (unpaired) electrons. The first-order chi connectivity index (χ1) is 6.27. The Bertz CT molecular complexity index is 251. The molecule has 0 aromatic carbocycles. The van der Waals surface area contributed by atoms with Gasteiger partial charge >= 0.3 is 15.2 Å². The van der Waals surface area contributed by atoms with E-state index < -0.39 is 21.1 Å². The summed E-state index contributed by atoms with van der Waals surface area (Å²) in [4.78, 5) is 25.9. The topological polar surface area (TPSA) is 104 Å². The molecule has 0 saturated carbocycles. The zero-order valence-corrected chi connectivity index (χ0v) is 11.3. The lowest BCUT2D eigenvalue weighted by Crippen LogP contribution is -1.98. The molecule has 1 atom stereocenters. The summed E-state index contributed by atoms with van der Waals surface area (Å²) in [7, 11) is -8.60. The average molecular weight is 358 g/mol. The van der Waals surface area contributed by atoms with Crippen molar-refractivity contribution in [1.82, 2.24) is 0 Å². The van der Waals surface area contributed by atoms with E-state index in [9.17, 15) is 9.13 Å². The predicted molar refractivity (Wildman–Crippen MR) is 60.8 cm³/mol. The first kappa shape index (κ1) is 15.0. The number of unbranched alkanes of at least 4 members (excludes halogenated alkanes) is 1. The molecule has 0 heterocycles. The number of halogens is 1. The Balaban J connectivity index is 3.85. The van der Waals surface area contributed by atoms with Crippen LogP contribution in [-0.2, 0) is 13.7 Å². The highest BCUT2D eigenvalue weighted by molar-refractivity contribution is 14.1. The van der Waals surface area contributed by atoms with Gasteiger partial charge in [-0.15, -0.1) is 0 Å². The van der Waals surface area contributed by atoms with Crippen LogP contribution in [0.2, 0.25) is 0 Å². The van der Waals surface area contributed by atoms with Crippen molar-refractivity contribution in [3.63, 3.8) is 0 Å². The molecule has 6 nitrogen and oxygen atoms in total. The fourth-order valence-corrected chi connectivity index (χ4v) is 3.82. The molecular weight excluding hydrogens is 345 g/mol. The van der Waals surface area contributed by atoms with Crippen LogP contribution in [0.1, 0.15) is 12.8 Å². The maximum atomic E-state index is 11.0. The Morgan fingerprint density at radius 2 is 1.71 bits per heavy atom. The summed E-state index contributed by atoms with van der Waals surface area (Å²) in [6.45, 7) is 0.0524. The summed E-state index contributed by atoms with van der Waals surface area (Å²) in [5.74, 6) is -1.11. The largest absolute Gasteiger partial charge is 0.340 e. The smallest absolute Gasteiger partial charge is 0.324 e. The minimum absolute atomic E-state index is 0.0524. The lowest BCUT2D eigenvalue weighted by molar-refractivity contribution is 0.256. The minimum atomic E-state index is -4.48. The second-order valence-electron chi connectivity index (χ2n) is 2.67. The van der Waals surface area contributed by atoms with Gasteiger partial charge in [0.1, 0.15) is 0 Å². The van der Waals surface area contributed by atoms with Gasteiger partial charge in [0.15, 0.2) is 5.90 Å². The molecular formula is C5H13IO6P2. The molecule has 0 aromatic heterocycles. The third-order valence-corrected chi connectivity index (χ3v) is 5.44. The maximum absolute atomic E-state index is 11.0. The van der Waals surface area contributed by atoms with E-state index in [2.05, 4.69) is 27.1 Å². The van der Waals surface area contributed by atoms with Crippen molar-refractivity contribution in [1.29, 1.82) is 0 Å². The molecule has 0 amide bonds. The van der Waals surface area contributed by atoms with Crippen molar-refractivity contribution in [3.05, 3.63) is 0 Å². The highest BCUT2D eigenvalue weighted by Crippen LogP contribution is 2.55. The first-order valence-corrected chi connectivity index (χ1v) is 8.92. The number of rotatable bonds is 7. The molecule has 9 heteroatoms. The number of hydrogen-bond donors (Lipinski definition) is 3. The fourth-order valence-electron chi connectivity index (χ4n) is 0.677. The van der Waals surface area contributed by atoms with Gasteiger partial charge in [-0.3, -0.25) is 9.13 Å². The van der Waals surface area contributed by atoms with E-state index in [1.54, 1.807) is 0 Å².